The van der Waals surface area contributed by atoms with E-state index in [4.69, 9.17) is 10.5 Å². The zero-order valence-electron chi connectivity index (χ0n) is 16.0. The number of morpholine rings is 1. The van der Waals surface area contributed by atoms with E-state index in [1.165, 1.54) is 6.33 Å². The Bertz CT molecular complexity index is 1070. The summed E-state index contributed by atoms with van der Waals surface area (Å²) in [5.41, 5.74) is 10.0. The quantitative estimate of drug-likeness (QED) is 0.467. The lowest BCUT2D eigenvalue weighted by atomic mass is 9.98. The van der Waals surface area contributed by atoms with Gasteiger partial charge in [-0.15, -0.1) is 0 Å². The summed E-state index contributed by atoms with van der Waals surface area (Å²) in [6, 6.07) is 5.87. The van der Waals surface area contributed by atoms with Gasteiger partial charge in [-0.25, -0.2) is 9.97 Å². The summed E-state index contributed by atoms with van der Waals surface area (Å²) in [4.78, 5) is 14.2. The van der Waals surface area contributed by atoms with Gasteiger partial charge >= 0.3 is 0 Å². The summed E-state index contributed by atoms with van der Waals surface area (Å²) in [5.74, 6) is 5.86. The van der Waals surface area contributed by atoms with Gasteiger partial charge in [-0.05, 0) is 32.0 Å². The van der Waals surface area contributed by atoms with Crippen LogP contribution in [0.5, 0.6) is 0 Å². The maximum absolute atomic E-state index is 9.97. The fourth-order valence-electron chi connectivity index (χ4n) is 3.33. The number of aromatic nitrogens is 3. The Morgan fingerprint density at radius 3 is 2.75 bits per heavy atom. The molecule has 1 fully saturated rings. The van der Waals surface area contributed by atoms with Crippen molar-refractivity contribution in [3.63, 3.8) is 0 Å². The summed E-state index contributed by atoms with van der Waals surface area (Å²) in [6.07, 6.45) is 3.37. The van der Waals surface area contributed by atoms with E-state index in [1.54, 1.807) is 13.8 Å². The van der Waals surface area contributed by atoms with Crippen molar-refractivity contribution in [2.45, 2.75) is 19.4 Å². The molecule has 1 aliphatic heterocycles. The predicted molar refractivity (Wildman–Crippen MR) is 110 cm³/mol. The monoisotopic (exact) mass is 377 g/mol. The average molecular weight is 377 g/mol. The van der Waals surface area contributed by atoms with Gasteiger partial charge in [0.2, 0.25) is 0 Å². The van der Waals surface area contributed by atoms with E-state index >= 15 is 0 Å². The highest BCUT2D eigenvalue weighted by Crippen LogP contribution is 2.39. The Balaban J connectivity index is 1.94. The predicted octanol–water partition coefficient (Wildman–Crippen LogP) is 2.17. The third kappa shape index (κ3) is 3.52. The van der Waals surface area contributed by atoms with Crippen molar-refractivity contribution in [1.82, 2.24) is 15.0 Å². The van der Waals surface area contributed by atoms with E-state index in [9.17, 15) is 5.11 Å². The smallest absolute Gasteiger partial charge is 0.141 e. The Kier molecular flexibility index (Phi) is 4.67. The van der Waals surface area contributed by atoms with E-state index in [1.807, 2.05) is 24.4 Å². The Labute approximate surface area is 163 Å². The van der Waals surface area contributed by atoms with Crippen LogP contribution in [0.4, 0.5) is 11.4 Å². The molecular weight excluding hydrogens is 354 g/mol. The molecular formula is C21H23N5O2. The second kappa shape index (κ2) is 7.15. The van der Waals surface area contributed by atoms with E-state index in [-0.39, 0.29) is 0 Å². The number of aromatic amines is 1. The molecule has 0 aliphatic carbocycles. The first-order valence-corrected chi connectivity index (χ1v) is 9.23. The van der Waals surface area contributed by atoms with Crippen LogP contribution in [0, 0.1) is 11.8 Å². The molecule has 3 aromatic rings. The second-order valence-electron chi connectivity index (χ2n) is 7.29. The molecule has 0 radical (unpaired) electrons. The first-order chi connectivity index (χ1) is 13.4. The Morgan fingerprint density at radius 1 is 1.21 bits per heavy atom. The van der Waals surface area contributed by atoms with E-state index < -0.39 is 5.60 Å². The van der Waals surface area contributed by atoms with Crippen molar-refractivity contribution < 1.29 is 9.84 Å². The highest BCUT2D eigenvalue weighted by atomic mass is 16.5. The molecule has 0 atom stereocenters. The van der Waals surface area contributed by atoms with Crippen LogP contribution < -0.4 is 10.6 Å². The summed E-state index contributed by atoms with van der Waals surface area (Å²) in [7, 11) is 0. The number of ether oxygens (including phenoxy) is 1. The van der Waals surface area contributed by atoms with Gasteiger partial charge in [0.25, 0.3) is 0 Å². The Morgan fingerprint density at radius 2 is 2.00 bits per heavy atom. The lowest BCUT2D eigenvalue weighted by molar-refractivity contribution is 0.123. The fourth-order valence-corrected chi connectivity index (χ4v) is 3.33. The van der Waals surface area contributed by atoms with Crippen LogP contribution in [-0.4, -0.2) is 52.0 Å². The number of nitrogens with one attached hydrogen (secondary N) is 1. The van der Waals surface area contributed by atoms with E-state index in [2.05, 4.69) is 31.7 Å². The molecule has 4 N–H and O–H groups in total. The van der Waals surface area contributed by atoms with Crippen LogP contribution in [0.2, 0.25) is 0 Å². The van der Waals surface area contributed by atoms with Gasteiger partial charge in [-0.1, -0.05) is 11.8 Å². The molecule has 28 heavy (non-hydrogen) atoms. The van der Waals surface area contributed by atoms with Gasteiger partial charge in [-0.3, -0.25) is 0 Å². The largest absolute Gasteiger partial charge is 0.397 e. The number of nitrogen functional groups attached to an aromatic ring is 1. The normalized spacial score (nSPS) is 14.8. The highest BCUT2D eigenvalue weighted by molar-refractivity contribution is 6.00. The standard InChI is InChI=1S/C21H23N5O2/c1-21(2,27)7-5-14-3-4-16(26-9-11-28-12-10-26)17(18(14)22)19-15-6-8-23-20(15)25-13-24-19/h3-4,6,8,13,27H,9-12,22H2,1-2H3,(H,23,24,25). The van der Waals surface area contributed by atoms with Crippen molar-refractivity contribution in [2.75, 3.05) is 36.9 Å². The molecule has 0 amide bonds. The zero-order valence-corrected chi connectivity index (χ0v) is 16.0. The minimum absolute atomic E-state index is 0.543. The number of anilines is 2. The molecule has 144 valence electrons. The lowest BCUT2D eigenvalue weighted by Crippen LogP contribution is -2.36. The van der Waals surface area contributed by atoms with Crippen molar-refractivity contribution in [3.05, 3.63) is 36.3 Å². The summed E-state index contributed by atoms with van der Waals surface area (Å²) in [5, 5.41) is 10.9. The first-order valence-electron chi connectivity index (χ1n) is 9.23. The number of nitrogens with zero attached hydrogens (tertiary/aromatic N) is 3. The van der Waals surface area contributed by atoms with Crippen LogP contribution in [0.3, 0.4) is 0 Å². The second-order valence-corrected chi connectivity index (χ2v) is 7.29. The molecule has 0 saturated carbocycles. The van der Waals surface area contributed by atoms with Gasteiger partial charge < -0.3 is 25.5 Å². The minimum Gasteiger partial charge on any atom is -0.397 e. The summed E-state index contributed by atoms with van der Waals surface area (Å²) >= 11 is 0. The Hall–Kier alpha value is -3.08. The van der Waals surface area contributed by atoms with Crippen molar-refractivity contribution in [1.29, 1.82) is 0 Å². The molecule has 1 saturated heterocycles. The number of hydrogen-bond acceptors (Lipinski definition) is 6. The molecule has 2 aromatic heterocycles. The fraction of sp³-hybridized carbons (Fsp3) is 0.333. The molecule has 1 aromatic carbocycles. The van der Waals surface area contributed by atoms with Gasteiger partial charge in [0.05, 0.1) is 24.6 Å². The number of rotatable bonds is 2. The maximum atomic E-state index is 9.97. The molecule has 7 nitrogen and oxygen atoms in total. The van der Waals surface area contributed by atoms with Gasteiger partial charge in [0.1, 0.15) is 17.6 Å². The average Bonchev–Trinajstić information content (AvgIpc) is 3.16. The van der Waals surface area contributed by atoms with Crippen molar-refractivity contribution >= 4 is 22.4 Å². The number of H-pyrrole nitrogens is 1. The first kappa shape index (κ1) is 18.3. The molecule has 0 bridgehead atoms. The molecule has 4 rings (SSSR count). The minimum atomic E-state index is -1.10. The van der Waals surface area contributed by atoms with Gasteiger partial charge in [-0.2, -0.15) is 0 Å². The molecule has 1 aliphatic rings. The number of aliphatic hydroxyl groups is 1. The maximum Gasteiger partial charge on any atom is 0.141 e. The van der Waals surface area contributed by atoms with Crippen LogP contribution in [-0.2, 0) is 4.74 Å². The van der Waals surface area contributed by atoms with Crippen LogP contribution in [0.15, 0.2) is 30.7 Å². The SMILES string of the molecule is CC(C)(O)C#Cc1ccc(N2CCOCC2)c(-c2ncnc3[nH]ccc23)c1N. The molecule has 3 heterocycles. The molecule has 0 unspecified atom stereocenters. The van der Waals surface area contributed by atoms with Gasteiger partial charge in [0, 0.05) is 41.5 Å². The van der Waals surface area contributed by atoms with E-state index in [0.29, 0.717) is 24.5 Å². The summed E-state index contributed by atoms with van der Waals surface area (Å²) in [6.45, 7) is 6.19. The number of benzene rings is 1. The van der Waals surface area contributed by atoms with Crippen molar-refractivity contribution in [3.8, 4) is 23.1 Å². The van der Waals surface area contributed by atoms with Crippen molar-refractivity contribution in [2.24, 2.45) is 0 Å². The topological polar surface area (TPSA) is 100 Å². The highest BCUT2D eigenvalue weighted by Gasteiger charge is 2.22. The van der Waals surface area contributed by atoms with Crippen LogP contribution in [0.25, 0.3) is 22.3 Å². The summed E-state index contributed by atoms with van der Waals surface area (Å²) < 4.78 is 5.50. The zero-order chi connectivity index (χ0) is 19.7. The molecule has 0 spiro atoms. The third-order valence-corrected chi connectivity index (χ3v) is 4.67. The van der Waals surface area contributed by atoms with Gasteiger partial charge in [0.15, 0.2) is 0 Å². The van der Waals surface area contributed by atoms with E-state index in [0.717, 1.165) is 41.1 Å². The molecule has 7 heteroatoms. The lowest BCUT2D eigenvalue weighted by Gasteiger charge is -2.31. The number of fused-ring (bicyclic) bond motifs is 1. The third-order valence-electron chi connectivity index (χ3n) is 4.67. The van der Waals surface area contributed by atoms with Crippen LogP contribution >= 0.6 is 0 Å². The number of hydrogen-bond donors (Lipinski definition) is 3. The van der Waals surface area contributed by atoms with Crippen LogP contribution in [0.1, 0.15) is 19.4 Å². The number of nitrogens with two attached hydrogens (primary N) is 1.